The van der Waals surface area contributed by atoms with Crippen LogP contribution in [0.1, 0.15) is 52.9 Å². The average Bonchev–Trinajstić information content (AvgIpc) is 2.75. The van der Waals surface area contributed by atoms with E-state index < -0.39 is 34.6 Å². The van der Waals surface area contributed by atoms with Gasteiger partial charge in [-0.3, -0.25) is 9.59 Å². The van der Waals surface area contributed by atoms with Crippen molar-refractivity contribution in [3.05, 3.63) is 12.2 Å². The zero-order valence-corrected chi connectivity index (χ0v) is 17.0. The van der Waals surface area contributed by atoms with Gasteiger partial charge in [-0.2, -0.15) is 0 Å². The normalized spacial score (nSPS) is 52.8. The van der Waals surface area contributed by atoms with Crippen LogP contribution in [0.2, 0.25) is 0 Å². The third-order valence-corrected chi connectivity index (χ3v) is 9.01. The van der Waals surface area contributed by atoms with Crippen molar-refractivity contribution in [3.8, 4) is 0 Å². The highest BCUT2D eigenvalue weighted by atomic mass is 16.5. The van der Waals surface area contributed by atoms with Crippen molar-refractivity contribution < 1.29 is 29.6 Å². The second-order valence-corrected chi connectivity index (χ2v) is 10.1. The molecule has 4 aliphatic rings. The van der Waals surface area contributed by atoms with E-state index in [-0.39, 0.29) is 36.1 Å². The molecule has 0 aromatic carbocycles. The molecule has 0 amide bonds. The van der Waals surface area contributed by atoms with Crippen molar-refractivity contribution in [3.63, 3.8) is 0 Å². The first-order chi connectivity index (χ1) is 13.0. The lowest BCUT2D eigenvalue weighted by molar-refractivity contribution is -0.257. The predicted octanol–water partition coefficient (Wildman–Crippen LogP) is 1.61. The molecular weight excluding hydrogens is 360 g/mol. The summed E-state index contributed by atoms with van der Waals surface area (Å²) in [6, 6.07) is 0. The number of fused-ring (bicyclic) bond motifs is 3. The van der Waals surface area contributed by atoms with Crippen LogP contribution in [0.4, 0.5) is 0 Å². The highest BCUT2D eigenvalue weighted by Crippen LogP contribution is 2.71. The number of hydrogen-bond acceptors (Lipinski definition) is 6. The quantitative estimate of drug-likeness (QED) is 0.487. The molecular formula is C22H32O6. The van der Waals surface area contributed by atoms with E-state index in [1.165, 1.54) is 6.92 Å². The Kier molecular flexibility index (Phi) is 4.39. The van der Waals surface area contributed by atoms with Gasteiger partial charge in [0.25, 0.3) is 0 Å². The molecule has 3 N–H and O–H groups in total. The molecule has 156 valence electrons. The Morgan fingerprint density at radius 1 is 1.14 bits per heavy atom. The molecule has 0 aromatic rings. The number of rotatable bonds is 2. The van der Waals surface area contributed by atoms with E-state index in [1.807, 2.05) is 13.8 Å². The fraction of sp³-hybridized carbons (Fsp3) is 0.818. The molecule has 2 bridgehead atoms. The largest absolute Gasteiger partial charge is 0.465 e. The minimum Gasteiger partial charge on any atom is -0.465 e. The maximum absolute atomic E-state index is 13.3. The molecule has 28 heavy (non-hydrogen) atoms. The molecule has 4 saturated carbocycles. The third-order valence-electron chi connectivity index (χ3n) is 9.01. The second-order valence-electron chi connectivity index (χ2n) is 10.1. The summed E-state index contributed by atoms with van der Waals surface area (Å²) in [5.74, 6) is -1.33. The predicted molar refractivity (Wildman–Crippen MR) is 101 cm³/mol. The third kappa shape index (κ3) is 2.20. The van der Waals surface area contributed by atoms with Crippen molar-refractivity contribution >= 4 is 11.8 Å². The molecule has 4 rings (SSSR count). The minimum absolute atomic E-state index is 0.126. The summed E-state index contributed by atoms with van der Waals surface area (Å²) < 4.78 is 5.37. The zero-order chi connectivity index (χ0) is 20.6. The molecule has 0 saturated heterocycles. The summed E-state index contributed by atoms with van der Waals surface area (Å²) in [4.78, 5) is 24.7. The molecule has 6 heteroatoms. The monoisotopic (exact) mass is 392 g/mol. The minimum atomic E-state index is -1.27. The number of ether oxygens (including phenoxy) is 1. The average molecular weight is 392 g/mol. The van der Waals surface area contributed by atoms with E-state index >= 15 is 0 Å². The number of aliphatic hydroxyl groups is 3. The summed E-state index contributed by atoms with van der Waals surface area (Å²) in [6.07, 6.45) is 0.238. The number of ketones is 1. The summed E-state index contributed by atoms with van der Waals surface area (Å²) in [6.45, 7) is 9.60. The van der Waals surface area contributed by atoms with Gasteiger partial charge in [0.2, 0.25) is 0 Å². The lowest BCUT2D eigenvalue weighted by atomic mass is 9.39. The summed E-state index contributed by atoms with van der Waals surface area (Å²) >= 11 is 0. The molecule has 0 heterocycles. The van der Waals surface area contributed by atoms with E-state index in [1.54, 1.807) is 0 Å². The molecule has 0 aromatic heterocycles. The fourth-order valence-corrected chi connectivity index (χ4v) is 7.60. The highest BCUT2D eigenvalue weighted by molar-refractivity contribution is 6.04. The molecule has 4 fully saturated rings. The van der Waals surface area contributed by atoms with Crippen LogP contribution in [0.25, 0.3) is 0 Å². The van der Waals surface area contributed by atoms with E-state index in [0.717, 1.165) is 0 Å². The van der Waals surface area contributed by atoms with Gasteiger partial charge in [0.05, 0.1) is 30.3 Å². The van der Waals surface area contributed by atoms with Gasteiger partial charge in [-0.25, -0.2) is 0 Å². The summed E-state index contributed by atoms with van der Waals surface area (Å²) in [7, 11) is 0. The maximum atomic E-state index is 13.3. The summed E-state index contributed by atoms with van der Waals surface area (Å²) in [5, 5.41) is 33.5. The smallest absolute Gasteiger partial charge is 0.302 e. The van der Waals surface area contributed by atoms with Gasteiger partial charge < -0.3 is 20.1 Å². The Balaban J connectivity index is 1.81. The lowest BCUT2D eigenvalue weighted by Gasteiger charge is -2.66. The van der Waals surface area contributed by atoms with Gasteiger partial charge in [0.1, 0.15) is 0 Å². The van der Waals surface area contributed by atoms with Crippen LogP contribution in [0.15, 0.2) is 12.2 Å². The van der Waals surface area contributed by atoms with Crippen molar-refractivity contribution in [2.75, 3.05) is 6.61 Å². The standard InChI is InChI=1S/C22H32O6/c1-11-13-5-6-14-21(4)15(9-17(25)22(14,18(11)26)19(13)27)20(3,8-7-16(21)24)10-28-12(2)23/h13-17,19,24-25,27H,1,5-10H2,2-4H3/t13-,14-,15+,16-,17+,19+,20+,21-,22-/m0/s1. The van der Waals surface area contributed by atoms with E-state index in [0.29, 0.717) is 37.7 Å². The van der Waals surface area contributed by atoms with Crippen LogP contribution in [-0.4, -0.2) is 52.0 Å². The molecule has 1 spiro atoms. The number of carbonyl (C=O) groups is 2. The first-order valence-electron chi connectivity index (χ1n) is 10.4. The van der Waals surface area contributed by atoms with E-state index in [4.69, 9.17) is 4.74 Å². The number of carbonyl (C=O) groups excluding carboxylic acids is 2. The SMILES string of the molecule is C=C1C(=O)[C@@]23[C@H](O)C[C@@H]4[C@@](C)(COC(C)=O)CC[C@H](O)[C@@]4(C)[C@@H]2CC[C@@H]1[C@H]3O. The van der Waals surface area contributed by atoms with Gasteiger partial charge in [-0.15, -0.1) is 0 Å². The van der Waals surface area contributed by atoms with Crippen molar-refractivity contribution in [2.24, 2.45) is 34.0 Å². The molecule has 0 unspecified atom stereocenters. The Bertz CT molecular complexity index is 733. The second kappa shape index (κ2) is 6.13. The number of hydrogen-bond donors (Lipinski definition) is 3. The fourth-order valence-electron chi connectivity index (χ4n) is 7.60. The number of esters is 1. The van der Waals surface area contributed by atoms with Crippen molar-refractivity contribution in [1.29, 1.82) is 0 Å². The van der Waals surface area contributed by atoms with Gasteiger partial charge in [0.15, 0.2) is 5.78 Å². The molecule has 4 aliphatic carbocycles. The number of Topliss-reactive ketones (excluding diaryl/α,β-unsaturated/α-hetero) is 1. The molecule has 6 nitrogen and oxygen atoms in total. The Hall–Kier alpha value is -1.24. The molecule has 9 atom stereocenters. The first kappa shape index (κ1) is 20.0. The van der Waals surface area contributed by atoms with Crippen LogP contribution in [0.5, 0.6) is 0 Å². The highest BCUT2D eigenvalue weighted by Gasteiger charge is 2.75. The van der Waals surface area contributed by atoms with Gasteiger partial charge in [-0.1, -0.05) is 20.4 Å². The van der Waals surface area contributed by atoms with Crippen LogP contribution in [-0.2, 0) is 14.3 Å². The van der Waals surface area contributed by atoms with Gasteiger partial charge >= 0.3 is 5.97 Å². The maximum Gasteiger partial charge on any atom is 0.302 e. The van der Waals surface area contributed by atoms with E-state index in [9.17, 15) is 24.9 Å². The molecule has 0 aliphatic heterocycles. The Morgan fingerprint density at radius 2 is 1.82 bits per heavy atom. The van der Waals surface area contributed by atoms with Gasteiger partial charge in [-0.05, 0) is 49.5 Å². The topological polar surface area (TPSA) is 104 Å². The Morgan fingerprint density at radius 3 is 2.46 bits per heavy atom. The Labute approximate surface area is 166 Å². The zero-order valence-electron chi connectivity index (χ0n) is 17.0. The van der Waals surface area contributed by atoms with E-state index in [2.05, 4.69) is 6.58 Å². The lowest BCUT2D eigenvalue weighted by Crippen LogP contribution is -2.70. The molecule has 0 radical (unpaired) electrons. The van der Waals surface area contributed by atoms with Crippen molar-refractivity contribution in [1.82, 2.24) is 0 Å². The van der Waals surface area contributed by atoms with Crippen molar-refractivity contribution in [2.45, 2.75) is 71.2 Å². The van der Waals surface area contributed by atoms with Crippen LogP contribution < -0.4 is 0 Å². The first-order valence-corrected chi connectivity index (χ1v) is 10.4. The van der Waals surface area contributed by atoms with Crippen LogP contribution in [0.3, 0.4) is 0 Å². The van der Waals surface area contributed by atoms with Crippen LogP contribution >= 0.6 is 0 Å². The van der Waals surface area contributed by atoms with Gasteiger partial charge in [0, 0.05) is 23.7 Å². The van der Waals surface area contributed by atoms with Crippen LogP contribution in [0, 0.1) is 34.0 Å². The summed E-state index contributed by atoms with van der Waals surface area (Å²) in [5.41, 5.74) is -1.91. The number of aliphatic hydroxyl groups excluding tert-OH is 3.